The molecule has 0 aliphatic carbocycles. The molecule has 0 N–H and O–H groups in total. The van der Waals surface area contributed by atoms with Crippen molar-refractivity contribution in [2.75, 3.05) is 35.7 Å². The van der Waals surface area contributed by atoms with Crippen LogP contribution in [0.25, 0.3) is 0 Å². The van der Waals surface area contributed by atoms with Crippen molar-refractivity contribution in [2.24, 2.45) is 0 Å². The number of amides is 1. The van der Waals surface area contributed by atoms with Crippen molar-refractivity contribution in [1.29, 1.82) is 0 Å². The Morgan fingerprint density at radius 2 is 1.73 bits per heavy atom. The Morgan fingerprint density at radius 3 is 2.23 bits per heavy atom. The van der Waals surface area contributed by atoms with Gasteiger partial charge in [-0.25, -0.2) is 8.42 Å². The molecule has 0 aliphatic heterocycles. The van der Waals surface area contributed by atoms with Crippen LogP contribution in [0.5, 0.6) is 5.75 Å². The number of likely N-dealkylation sites (N-methyl/N-ethyl adjacent to an activating group) is 1. The van der Waals surface area contributed by atoms with Gasteiger partial charge in [-0.05, 0) is 55.8 Å². The van der Waals surface area contributed by atoms with Gasteiger partial charge >= 0.3 is 0 Å². The van der Waals surface area contributed by atoms with Crippen molar-refractivity contribution >= 4 is 27.3 Å². The highest BCUT2D eigenvalue weighted by molar-refractivity contribution is 7.92. The number of methoxy groups -OCH3 is 1. The van der Waals surface area contributed by atoms with Crippen LogP contribution >= 0.6 is 0 Å². The van der Waals surface area contributed by atoms with E-state index in [1.165, 1.54) is 7.11 Å². The minimum atomic E-state index is -3.62. The Hall–Kier alpha value is -2.54. The number of carbonyl (C=O) groups is 1. The molecule has 0 aliphatic rings. The van der Waals surface area contributed by atoms with Gasteiger partial charge in [0.05, 0.1) is 19.1 Å². The van der Waals surface area contributed by atoms with E-state index in [9.17, 15) is 13.2 Å². The van der Waals surface area contributed by atoms with Crippen LogP contribution in [0.15, 0.2) is 48.5 Å². The van der Waals surface area contributed by atoms with Gasteiger partial charge in [-0.15, -0.1) is 0 Å². The van der Waals surface area contributed by atoms with E-state index < -0.39 is 10.0 Å². The van der Waals surface area contributed by atoms with E-state index in [0.29, 0.717) is 18.0 Å². The minimum absolute atomic E-state index is 0.271. The van der Waals surface area contributed by atoms with Crippen molar-refractivity contribution in [3.05, 3.63) is 54.1 Å². The van der Waals surface area contributed by atoms with Crippen molar-refractivity contribution in [3.8, 4) is 5.75 Å². The maximum absolute atomic E-state index is 12.8. The van der Waals surface area contributed by atoms with Crippen LogP contribution in [0, 0.1) is 6.92 Å². The first-order valence-electron chi connectivity index (χ1n) is 8.25. The number of sulfonamides is 1. The van der Waals surface area contributed by atoms with E-state index in [-0.39, 0.29) is 12.5 Å². The summed E-state index contributed by atoms with van der Waals surface area (Å²) in [6, 6.07) is 14.1. The summed E-state index contributed by atoms with van der Waals surface area (Å²) in [5.41, 5.74) is 2.20. The highest BCUT2D eigenvalue weighted by Crippen LogP contribution is 2.23. The summed E-state index contributed by atoms with van der Waals surface area (Å²) in [6.07, 6.45) is 1.09. The average Bonchev–Trinajstić information content (AvgIpc) is 2.59. The summed E-state index contributed by atoms with van der Waals surface area (Å²) in [6.45, 7) is 3.98. The Morgan fingerprint density at radius 1 is 1.08 bits per heavy atom. The molecule has 2 aromatic rings. The molecule has 0 spiro atoms. The molecule has 0 unspecified atom stereocenters. The minimum Gasteiger partial charge on any atom is -0.497 e. The fraction of sp³-hybridized carbons (Fsp3) is 0.316. The molecule has 1 amide bonds. The van der Waals surface area contributed by atoms with E-state index in [4.69, 9.17) is 4.74 Å². The van der Waals surface area contributed by atoms with Crippen LogP contribution in [-0.2, 0) is 14.8 Å². The maximum atomic E-state index is 12.8. The lowest BCUT2D eigenvalue weighted by Gasteiger charge is -2.27. The van der Waals surface area contributed by atoms with Crippen LogP contribution in [0.1, 0.15) is 12.5 Å². The third-order valence-corrected chi connectivity index (χ3v) is 5.11. The summed E-state index contributed by atoms with van der Waals surface area (Å²) in [5.74, 6) is 0.322. The highest BCUT2D eigenvalue weighted by Gasteiger charge is 2.24. The molecule has 0 saturated carbocycles. The monoisotopic (exact) mass is 376 g/mol. The molecule has 0 saturated heterocycles. The molecular weight excluding hydrogens is 352 g/mol. The van der Waals surface area contributed by atoms with E-state index in [0.717, 1.165) is 21.8 Å². The lowest BCUT2D eigenvalue weighted by atomic mass is 10.2. The van der Waals surface area contributed by atoms with Crippen molar-refractivity contribution in [1.82, 2.24) is 0 Å². The van der Waals surface area contributed by atoms with Gasteiger partial charge in [-0.3, -0.25) is 9.10 Å². The Kier molecular flexibility index (Phi) is 6.26. The molecule has 7 heteroatoms. The number of hydrogen-bond acceptors (Lipinski definition) is 4. The number of anilines is 2. The lowest BCUT2D eigenvalue weighted by molar-refractivity contribution is -0.117. The van der Waals surface area contributed by atoms with Gasteiger partial charge in [0.1, 0.15) is 12.3 Å². The van der Waals surface area contributed by atoms with Gasteiger partial charge in [-0.2, -0.15) is 0 Å². The number of carbonyl (C=O) groups excluding carboxylic acids is 1. The predicted molar refractivity (Wildman–Crippen MR) is 104 cm³/mol. The summed E-state index contributed by atoms with van der Waals surface area (Å²) in [5, 5.41) is 0. The molecule has 0 heterocycles. The smallest absolute Gasteiger partial charge is 0.247 e. The Labute approximate surface area is 155 Å². The first-order valence-corrected chi connectivity index (χ1v) is 10.1. The average molecular weight is 376 g/mol. The largest absolute Gasteiger partial charge is 0.497 e. The first kappa shape index (κ1) is 19.8. The zero-order valence-electron chi connectivity index (χ0n) is 15.5. The fourth-order valence-electron chi connectivity index (χ4n) is 2.66. The van der Waals surface area contributed by atoms with Gasteiger partial charge in [0.2, 0.25) is 15.9 Å². The molecule has 2 aromatic carbocycles. The van der Waals surface area contributed by atoms with Gasteiger partial charge in [0, 0.05) is 12.2 Å². The second-order valence-electron chi connectivity index (χ2n) is 5.94. The zero-order valence-corrected chi connectivity index (χ0v) is 16.3. The number of rotatable bonds is 7. The second-order valence-corrected chi connectivity index (χ2v) is 7.85. The molecule has 0 radical (unpaired) electrons. The van der Waals surface area contributed by atoms with Gasteiger partial charge < -0.3 is 9.64 Å². The maximum Gasteiger partial charge on any atom is 0.247 e. The van der Waals surface area contributed by atoms with Gasteiger partial charge in [0.25, 0.3) is 0 Å². The lowest BCUT2D eigenvalue weighted by Crippen LogP contribution is -2.42. The fourth-order valence-corrected chi connectivity index (χ4v) is 3.51. The third kappa shape index (κ3) is 4.76. The standard InChI is InChI=1S/C19H24N2O4S/c1-5-20(17-8-6-7-15(2)13-17)19(22)14-21(26(4,23)24)16-9-11-18(25-3)12-10-16/h6-13H,5,14H2,1-4H3. The normalized spacial score (nSPS) is 11.1. The summed E-state index contributed by atoms with van der Waals surface area (Å²) >= 11 is 0. The van der Waals surface area contributed by atoms with E-state index in [1.54, 1.807) is 29.2 Å². The topological polar surface area (TPSA) is 66.9 Å². The van der Waals surface area contributed by atoms with Crippen molar-refractivity contribution < 1.29 is 17.9 Å². The number of aryl methyl sites for hydroxylation is 1. The number of nitrogens with zero attached hydrogens (tertiary/aromatic N) is 2. The Balaban J connectivity index is 2.30. The second kappa shape index (κ2) is 8.23. The number of hydrogen-bond donors (Lipinski definition) is 0. The molecule has 26 heavy (non-hydrogen) atoms. The van der Waals surface area contributed by atoms with Gasteiger partial charge in [-0.1, -0.05) is 12.1 Å². The molecular formula is C19H24N2O4S. The van der Waals surface area contributed by atoms with Crippen LogP contribution in [0.2, 0.25) is 0 Å². The van der Waals surface area contributed by atoms with Crippen LogP contribution < -0.4 is 13.9 Å². The summed E-state index contributed by atoms with van der Waals surface area (Å²) < 4.78 is 30.7. The van der Waals surface area contributed by atoms with E-state index >= 15 is 0 Å². The SMILES string of the molecule is CCN(C(=O)CN(c1ccc(OC)cc1)S(C)(=O)=O)c1cccc(C)c1. The molecule has 6 nitrogen and oxygen atoms in total. The summed E-state index contributed by atoms with van der Waals surface area (Å²) in [7, 11) is -2.08. The first-order chi connectivity index (χ1) is 12.3. The van der Waals surface area contributed by atoms with Crippen molar-refractivity contribution in [3.63, 3.8) is 0 Å². The molecule has 0 aromatic heterocycles. The third-order valence-electron chi connectivity index (χ3n) is 3.97. The highest BCUT2D eigenvalue weighted by atomic mass is 32.2. The van der Waals surface area contributed by atoms with E-state index in [1.807, 2.05) is 38.1 Å². The van der Waals surface area contributed by atoms with Crippen LogP contribution in [-0.4, -0.2) is 40.8 Å². The zero-order chi connectivity index (χ0) is 19.3. The Bertz CT molecular complexity index is 863. The molecule has 140 valence electrons. The quantitative estimate of drug-likeness (QED) is 0.745. The molecule has 0 fully saturated rings. The van der Waals surface area contributed by atoms with Crippen molar-refractivity contribution in [2.45, 2.75) is 13.8 Å². The van der Waals surface area contributed by atoms with Crippen LogP contribution in [0.4, 0.5) is 11.4 Å². The van der Waals surface area contributed by atoms with Crippen LogP contribution in [0.3, 0.4) is 0 Å². The van der Waals surface area contributed by atoms with E-state index in [2.05, 4.69) is 0 Å². The number of benzene rings is 2. The molecule has 0 atom stereocenters. The van der Waals surface area contributed by atoms with Gasteiger partial charge in [0.15, 0.2) is 0 Å². The molecule has 2 rings (SSSR count). The summed E-state index contributed by atoms with van der Waals surface area (Å²) in [4.78, 5) is 14.4. The molecule has 0 bridgehead atoms. The predicted octanol–water partition coefficient (Wildman–Crippen LogP) is 2.82. The number of ether oxygens (including phenoxy) is 1.